The van der Waals surface area contributed by atoms with Crippen molar-refractivity contribution >= 4 is 54.1 Å². The molecule has 4 heteroatoms. The second-order valence-electron chi connectivity index (χ2n) is 17.2. The number of para-hydroxylation sites is 2. The quantitative estimate of drug-likeness (QED) is 0.150. The number of rotatable bonds is 7. The van der Waals surface area contributed by atoms with Gasteiger partial charge in [-0.2, -0.15) is 0 Å². The Morgan fingerprint density at radius 3 is 1.43 bits per heavy atom. The Balaban J connectivity index is 0.950. The van der Waals surface area contributed by atoms with Gasteiger partial charge in [0.25, 0.3) is 0 Å². The van der Waals surface area contributed by atoms with Gasteiger partial charge < -0.3 is 4.57 Å². The molecule has 0 N–H and O–H groups in total. The van der Waals surface area contributed by atoms with E-state index >= 15 is 0 Å². The lowest BCUT2D eigenvalue weighted by atomic mass is 9.88. The van der Waals surface area contributed by atoms with Gasteiger partial charge in [0, 0.05) is 33.2 Å². The van der Waals surface area contributed by atoms with E-state index in [2.05, 4.69) is 223 Å². The van der Waals surface area contributed by atoms with E-state index in [9.17, 15) is 0 Å². The first-order chi connectivity index (χ1) is 33.2. The van der Waals surface area contributed by atoms with Crippen LogP contribution in [-0.2, 0) is 0 Å². The smallest absolute Gasteiger partial charge is 0.164 e. The molecule has 2 heterocycles. The van der Waals surface area contributed by atoms with Crippen LogP contribution in [0.2, 0.25) is 0 Å². The molecule has 13 aromatic rings. The number of hydrogen-bond acceptors (Lipinski definition) is 3. The van der Waals surface area contributed by atoms with Crippen molar-refractivity contribution in [3.63, 3.8) is 0 Å². The highest BCUT2D eigenvalue weighted by atomic mass is 15.0. The van der Waals surface area contributed by atoms with Gasteiger partial charge in [-0.3, -0.25) is 0 Å². The monoisotopic (exact) mass is 852 g/mol. The van der Waals surface area contributed by atoms with E-state index in [4.69, 9.17) is 15.0 Å². The van der Waals surface area contributed by atoms with E-state index in [1.807, 2.05) is 24.3 Å². The summed E-state index contributed by atoms with van der Waals surface area (Å²) in [6.07, 6.45) is 0. The Labute approximate surface area is 387 Å². The van der Waals surface area contributed by atoms with Gasteiger partial charge in [-0.1, -0.05) is 206 Å². The maximum Gasteiger partial charge on any atom is 0.164 e. The van der Waals surface area contributed by atoms with Gasteiger partial charge in [-0.05, 0) is 102 Å². The topological polar surface area (TPSA) is 43.6 Å². The van der Waals surface area contributed by atoms with E-state index in [0.29, 0.717) is 17.5 Å². The fraction of sp³-hybridized carbons (Fsp3) is 0. The summed E-state index contributed by atoms with van der Waals surface area (Å²) >= 11 is 0. The highest BCUT2D eigenvalue weighted by molar-refractivity contribution is 6.29. The first-order valence-electron chi connectivity index (χ1n) is 22.8. The minimum Gasteiger partial charge on any atom is -0.309 e. The van der Waals surface area contributed by atoms with Crippen molar-refractivity contribution in [1.29, 1.82) is 0 Å². The van der Waals surface area contributed by atoms with Gasteiger partial charge >= 0.3 is 0 Å². The third-order valence-electron chi connectivity index (χ3n) is 13.2. The predicted molar refractivity (Wildman–Crippen MR) is 279 cm³/mol. The van der Waals surface area contributed by atoms with Gasteiger partial charge in [0.15, 0.2) is 17.5 Å². The summed E-state index contributed by atoms with van der Waals surface area (Å²) in [4.78, 5) is 15.2. The van der Waals surface area contributed by atoms with Crippen LogP contribution in [0, 0.1) is 0 Å². The lowest BCUT2D eigenvalue weighted by Crippen LogP contribution is -2.00. The summed E-state index contributed by atoms with van der Waals surface area (Å²) in [5.41, 5.74) is 13.3. The van der Waals surface area contributed by atoms with Crippen LogP contribution in [0.1, 0.15) is 0 Å². The predicted octanol–water partition coefficient (Wildman–Crippen LogP) is 16.4. The fourth-order valence-electron chi connectivity index (χ4n) is 10.0. The Bertz CT molecular complexity index is 4010. The average Bonchev–Trinajstić information content (AvgIpc) is 3.75. The molecular formula is C63H40N4. The van der Waals surface area contributed by atoms with Crippen LogP contribution in [0.5, 0.6) is 0 Å². The van der Waals surface area contributed by atoms with Crippen molar-refractivity contribution in [3.05, 3.63) is 243 Å². The van der Waals surface area contributed by atoms with Crippen molar-refractivity contribution in [1.82, 2.24) is 19.5 Å². The zero-order chi connectivity index (χ0) is 44.3. The first kappa shape index (κ1) is 38.5. The van der Waals surface area contributed by atoms with Crippen LogP contribution in [0.3, 0.4) is 0 Å². The number of nitrogens with zero attached hydrogens (tertiary/aromatic N) is 4. The molecule has 0 bridgehead atoms. The average molecular weight is 853 g/mol. The van der Waals surface area contributed by atoms with Crippen LogP contribution in [0.25, 0.3) is 127 Å². The molecule has 0 atom stereocenters. The molecule has 0 saturated heterocycles. The molecule has 0 aliphatic heterocycles. The van der Waals surface area contributed by atoms with Crippen molar-refractivity contribution in [2.75, 3.05) is 0 Å². The number of fused-ring (bicyclic) bond motifs is 9. The lowest BCUT2D eigenvalue weighted by Gasteiger charge is -2.16. The van der Waals surface area contributed by atoms with Gasteiger partial charge in [0.1, 0.15) is 0 Å². The second-order valence-corrected chi connectivity index (χ2v) is 17.2. The molecule has 0 fully saturated rings. The zero-order valence-electron chi connectivity index (χ0n) is 36.4. The minimum absolute atomic E-state index is 0.628. The molecule has 67 heavy (non-hydrogen) atoms. The summed E-state index contributed by atoms with van der Waals surface area (Å²) in [5.74, 6) is 1.90. The summed E-state index contributed by atoms with van der Waals surface area (Å²) < 4.78 is 2.40. The minimum atomic E-state index is 0.628. The molecule has 0 radical (unpaired) electrons. The van der Waals surface area contributed by atoms with Gasteiger partial charge in [-0.25, -0.2) is 15.0 Å². The van der Waals surface area contributed by atoms with E-state index in [1.54, 1.807) is 0 Å². The zero-order valence-corrected chi connectivity index (χ0v) is 36.4. The Morgan fingerprint density at radius 2 is 0.687 bits per heavy atom. The summed E-state index contributed by atoms with van der Waals surface area (Å²) in [6.45, 7) is 0. The molecule has 0 saturated carbocycles. The fourth-order valence-corrected chi connectivity index (χ4v) is 10.0. The SMILES string of the molecule is c1ccc(-c2ccc(-c3nc(-c4ccccc4)nc(-c4cccc(-c5ccc6c(c5)c5ccccc5c5cccc(-c7ccc8c9ccccc9n(-c9ccccc9)c8c7)c56)c4)n3)cc2)cc1. The maximum atomic E-state index is 5.13. The van der Waals surface area contributed by atoms with Gasteiger partial charge in [0.05, 0.1) is 11.0 Å². The highest BCUT2D eigenvalue weighted by Gasteiger charge is 2.18. The first-order valence-corrected chi connectivity index (χ1v) is 22.8. The largest absolute Gasteiger partial charge is 0.309 e. The molecule has 312 valence electrons. The molecule has 2 aromatic heterocycles. The molecule has 4 nitrogen and oxygen atoms in total. The Morgan fingerprint density at radius 1 is 0.239 bits per heavy atom. The standard InChI is InChI=1S/C63H40N4/c1-4-16-41(17-5-1)42-30-32-44(33-31-42)62-64-61(43-18-6-2-7-19-43)65-63(66-62)48-21-14-20-45(38-48)46-34-37-56-57(39-46)52-25-11-10-24-51(52)55-28-15-27-50(60(55)56)47-35-36-54-53-26-12-13-29-58(53)67(59(54)40-47)49-22-8-3-9-23-49/h1-40H. The van der Waals surface area contributed by atoms with E-state index < -0.39 is 0 Å². The number of aromatic nitrogens is 4. The van der Waals surface area contributed by atoms with Crippen LogP contribution in [0.15, 0.2) is 243 Å². The number of hydrogen-bond donors (Lipinski definition) is 0. The maximum absolute atomic E-state index is 5.13. The molecular weight excluding hydrogens is 813 g/mol. The third kappa shape index (κ3) is 6.65. The Kier molecular flexibility index (Phi) is 9.14. The van der Waals surface area contributed by atoms with Crippen LogP contribution >= 0.6 is 0 Å². The molecule has 0 aliphatic rings. The summed E-state index contributed by atoms with van der Waals surface area (Å²) in [5, 5.41) is 9.89. The van der Waals surface area contributed by atoms with Crippen molar-refractivity contribution in [2.45, 2.75) is 0 Å². The normalized spacial score (nSPS) is 11.6. The number of benzene rings is 11. The van der Waals surface area contributed by atoms with E-state index in [1.165, 1.54) is 70.8 Å². The highest BCUT2D eigenvalue weighted by Crippen LogP contribution is 2.43. The van der Waals surface area contributed by atoms with Crippen molar-refractivity contribution in [2.24, 2.45) is 0 Å². The molecule has 0 amide bonds. The molecule has 11 aromatic carbocycles. The molecule has 0 spiro atoms. The second kappa shape index (κ2) is 15.9. The summed E-state index contributed by atoms with van der Waals surface area (Å²) in [7, 11) is 0. The van der Waals surface area contributed by atoms with E-state index in [-0.39, 0.29) is 0 Å². The van der Waals surface area contributed by atoms with Crippen LogP contribution in [0.4, 0.5) is 0 Å². The molecule has 13 rings (SSSR count). The van der Waals surface area contributed by atoms with Crippen molar-refractivity contribution in [3.8, 4) is 73.2 Å². The molecule has 0 unspecified atom stereocenters. The van der Waals surface area contributed by atoms with Crippen LogP contribution in [-0.4, -0.2) is 19.5 Å². The van der Waals surface area contributed by atoms with Gasteiger partial charge in [0.2, 0.25) is 0 Å². The summed E-state index contributed by atoms with van der Waals surface area (Å²) in [6, 6.07) is 86.6. The van der Waals surface area contributed by atoms with E-state index in [0.717, 1.165) is 39.1 Å². The van der Waals surface area contributed by atoms with Crippen LogP contribution < -0.4 is 0 Å². The lowest BCUT2D eigenvalue weighted by molar-refractivity contribution is 1.07. The Hall–Kier alpha value is -8.99. The molecule has 0 aliphatic carbocycles. The van der Waals surface area contributed by atoms with Gasteiger partial charge in [-0.15, -0.1) is 0 Å². The third-order valence-corrected chi connectivity index (χ3v) is 13.2. The van der Waals surface area contributed by atoms with Crippen molar-refractivity contribution < 1.29 is 0 Å².